The van der Waals surface area contributed by atoms with Crippen LogP contribution < -0.4 is 10.6 Å². The standard InChI is InChI=1S/C15H26N4O2/c1-4-16-15(17-9-13-7-5-6-8-20-13)18-10-14-11(2)19-21-12(14)3/h13H,4-10H2,1-3H3,(H2,16,17,18). The van der Waals surface area contributed by atoms with Gasteiger partial charge in [0, 0.05) is 25.3 Å². The molecular weight excluding hydrogens is 268 g/mol. The third-order valence-corrected chi connectivity index (χ3v) is 3.69. The number of aromatic nitrogens is 1. The van der Waals surface area contributed by atoms with Crippen molar-refractivity contribution in [3.63, 3.8) is 0 Å². The van der Waals surface area contributed by atoms with Crippen LogP contribution in [0.15, 0.2) is 9.52 Å². The zero-order chi connectivity index (χ0) is 15.1. The van der Waals surface area contributed by atoms with Gasteiger partial charge in [0.2, 0.25) is 0 Å². The summed E-state index contributed by atoms with van der Waals surface area (Å²) < 4.78 is 10.9. The minimum atomic E-state index is 0.293. The molecule has 0 saturated carbocycles. The molecule has 0 spiro atoms. The van der Waals surface area contributed by atoms with Crippen molar-refractivity contribution in [3.05, 3.63) is 17.0 Å². The normalized spacial score (nSPS) is 19.6. The third-order valence-electron chi connectivity index (χ3n) is 3.69. The lowest BCUT2D eigenvalue weighted by molar-refractivity contribution is 0.0194. The molecule has 0 bridgehead atoms. The second-order valence-electron chi connectivity index (χ2n) is 5.37. The molecule has 0 aliphatic carbocycles. The van der Waals surface area contributed by atoms with Crippen LogP contribution in [0.2, 0.25) is 0 Å². The summed E-state index contributed by atoms with van der Waals surface area (Å²) in [5.74, 6) is 1.65. The highest BCUT2D eigenvalue weighted by Gasteiger charge is 2.14. The van der Waals surface area contributed by atoms with Crippen molar-refractivity contribution in [2.24, 2.45) is 4.99 Å². The Morgan fingerprint density at radius 1 is 1.33 bits per heavy atom. The highest BCUT2D eigenvalue weighted by Crippen LogP contribution is 2.13. The first-order valence-electron chi connectivity index (χ1n) is 7.76. The number of guanidine groups is 1. The van der Waals surface area contributed by atoms with Gasteiger partial charge in [-0.25, -0.2) is 4.99 Å². The van der Waals surface area contributed by atoms with Crippen molar-refractivity contribution in [2.45, 2.75) is 52.7 Å². The van der Waals surface area contributed by atoms with Crippen LogP contribution >= 0.6 is 0 Å². The molecule has 1 saturated heterocycles. The number of aliphatic imine (C=N–C) groups is 1. The zero-order valence-electron chi connectivity index (χ0n) is 13.2. The van der Waals surface area contributed by atoms with E-state index in [0.717, 1.165) is 49.1 Å². The van der Waals surface area contributed by atoms with Crippen LogP contribution in [0.4, 0.5) is 0 Å². The fourth-order valence-electron chi connectivity index (χ4n) is 2.41. The molecule has 1 fully saturated rings. The molecule has 0 amide bonds. The third kappa shape index (κ3) is 4.74. The average molecular weight is 294 g/mol. The second kappa shape index (κ2) is 8.02. The van der Waals surface area contributed by atoms with Crippen LogP contribution in [0.1, 0.15) is 43.2 Å². The highest BCUT2D eigenvalue weighted by molar-refractivity contribution is 5.79. The number of aryl methyl sites for hydroxylation is 2. The first kappa shape index (κ1) is 15.8. The fraction of sp³-hybridized carbons (Fsp3) is 0.733. The van der Waals surface area contributed by atoms with E-state index in [0.29, 0.717) is 12.6 Å². The Balaban J connectivity index is 1.89. The maximum atomic E-state index is 5.72. The first-order valence-corrected chi connectivity index (χ1v) is 7.76. The molecule has 6 heteroatoms. The summed E-state index contributed by atoms with van der Waals surface area (Å²) in [5, 5.41) is 10.6. The van der Waals surface area contributed by atoms with Crippen LogP contribution in [-0.2, 0) is 11.3 Å². The summed E-state index contributed by atoms with van der Waals surface area (Å²) in [4.78, 5) is 4.60. The predicted molar refractivity (Wildman–Crippen MR) is 82.4 cm³/mol. The van der Waals surface area contributed by atoms with Gasteiger partial charge >= 0.3 is 0 Å². The molecule has 1 atom stereocenters. The molecule has 1 aliphatic rings. The lowest BCUT2D eigenvalue weighted by atomic mass is 10.1. The van der Waals surface area contributed by atoms with Gasteiger partial charge in [-0.2, -0.15) is 0 Å². The van der Waals surface area contributed by atoms with Gasteiger partial charge in [-0.1, -0.05) is 5.16 Å². The van der Waals surface area contributed by atoms with Crippen LogP contribution in [0.5, 0.6) is 0 Å². The van der Waals surface area contributed by atoms with Crippen molar-refractivity contribution >= 4 is 5.96 Å². The van der Waals surface area contributed by atoms with Gasteiger partial charge in [0.05, 0.1) is 18.3 Å². The second-order valence-corrected chi connectivity index (χ2v) is 5.37. The quantitative estimate of drug-likeness (QED) is 0.641. The SMILES string of the molecule is CCNC(=NCc1c(C)noc1C)NCC1CCCCO1. The zero-order valence-corrected chi connectivity index (χ0v) is 13.2. The molecule has 2 N–H and O–H groups in total. The fourth-order valence-corrected chi connectivity index (χ4v) is 2.41. The van der Waals surface area contributed by atoms with Gasteiger partial charge in [0.1, 0.15) is 5.76 Å². The van der Waals surface area contributed by atoms with Gasteiger partial charge in [0.25, 0.3) is 0 Å². The Labute approximate surface area is 126 Å². The van der Waals surface area contributed by atoms with Gasteiger partial charge in [-0.3, -0.25) is 0 Å². The smallest absolute Gasteiger partial charge is 0.191 e. The largest absolute Gasteiger partial charge is 0.376 e. The summed E-state index contributed by atoms with van der Waals surface area (Å²) >= 11 is 0. The van der Waals surface area contributed by atoms with E-state index in [9.17, 15) is 0 Å². The number of rotatable bonds is 5. The molecule has 21 heavy (non-hydrogen) atoms. The number of ether oxygens (including phenoxy) is 1. The van der Waals surface area contributed by atoms with E-state index in [1.54, 1.807) is 0 Å². The average Bonchev–Trinajstić information content (AvgIpc) is 2.82. The van der Waals surface area contributed by atoms with Gasteiger partial charge in [0.15, 0.2) is 5.96 Å². The predicted octanol–water partition coefficient (Wildman–Crippen LogP) is 1.92. The van der Waals surface area contributed by atoms with E-state index in [4.69, 9.17) is 9.26 Å². The topological polar surface area (TPSA) is 71.7 Å². The van der Waals surface area contributed by atoms with Crippen molar-refractivity contribution in [2.75, 3.05) is 19.7 Å². The molecule has 1 aliphatic heterocycles. The Morgan fingerprint density at radius 2 is 2.19 bits per heavy atom. The molecule has 1 aromatic rings. The number of hydrogen-bond donors (Lipinski definition) is 2. The van der Waals surface area contributed by atoms with Crippen LogP contribution in [-0.4, -0.2) is 36.9 Å². The minimum absolute atomic E-state index is 0.293. The first-order chi connectivity index (χ1) is 10.2. The molecule has 6 nitrogen and oxygen atoms in total. The molecule has 1 unspecified atom stereocenters. The molecule has 118 valence electrons. The van der Waals surface area contributed by atoms with Crippen molar-refractivity contribution < 1.29 is 9.26 Å². The van der Waals surface area contributed by atoms with E-state index in [1.807, 2.05) is 13.8 Å². The Bertz CT molecular complexity index is 445. The van der Waals surface area contributed by atoms with Gasteiger partial charge < -0.3 is 19.9 Å². The maximum Gasteiger partial charge on any atom is 0.191 e. The van der Waals surface area contributed by atoms with E-state index < -0.39 is 0 Å². The Morgan fingerprint density at radius 3 is 2.81 bits per heavy atom. The minimum Gasteiger partial charge on any atom is -0.376 e. The maximum absolute atomic E-state index is 5.72. The number of nitrogens with one attached hydrogen (secondary N) is 2. The van der Waals surface area contributed by atoms with Gasteiger partial charge in [-0.05, 0) is 40.0 Å². The van der Waals surface area contributed by atoms with E-state index in [2.05, 4.69) is 27.7 Å². The molecular formula is C15H26N4O2. The Kier molecular flexibility index (Phi) is 6.04. The van der Waals surface area contributed by atoms with Crippen molar-refractivity contribution in [1.29, 1.82) is 0 Å². The number of nitrogens with zero attached hydrogens (tertiary/aromatic N) is 2. The van der Waals surface area contributed by atoms with Gasteiger partial charge in [-0.15, -0.1) is 0 Å². The molecule has 0 aromatic carbocycles. The summed E-state index contributed by atoms with van der Waals surface area (Å²) in [7, 11) is 0. The van der Waals surface area contributed by atoms with Crippen LogP contribution in [0.25, 0.3) is 0 Å². The molecule has 2 rings (SSSR count). The Hall–Kier alpha value is -1.56. The van der Waals surface area contributed by atoms with E-state index in [-0.39, 0.29) is 0 Å². The monoisotopic (exact) mass is 294 g/mol. The molecule has 2 heterocycles. The van der Waals surface area contributed by atoms with E-state index >= 15 is 0 Å². The lowest BCUT2D eigenvalue weighted by Crippen LogP contribution is -2.42. The van der Waals surface area contributed by atoms with Crippen LogP contribution in [0.3, 0.4) is 0 Å². The number of hydrogen-bond acceptors (Lipinski definition) is 4. The molecule has 1 aromatic heterocycles. The summed E-state index contributed by atoms with van der Waals surface area (Å²) in [5.41, 5.74) is 1.96. The summed E-state index contributed by atoms with van der Waals surface area (Å²) in [6.07, 6.45) is 3.84. The van der Waals surface area contributed by atoms with E-state index in [1.165, 1.54) is 12.8 Å². The summed E-state index contributed by atoms with van der Waals surface area (Å²) in [6, 6.07) is 0. The molecule has 0 radical (unpaired) electrons. The highest BCUT2D eigenvalue weighted by atomic mass is 16.5. The van der Waals surface area contributed by atoms with Crippen LogP contribution in [0, 0.1) is 13.8 Å². The van der Waals surface area contributed by atoms with Crippen molar-refractivity contribution in [1.82, 2.24) is 15.8 Å². The van der Waals surface area contributed by atoms with Crippen molar-refractivity contribution in [3.8, 4) is 0 Å². The summed E-state index contributed by atoms with van der Waals surface area (Å²) in [6.45, 7) is 9.00. The lowest BCUT2D eigenvalue weighted by Gasteiger charge is -2.23.